The van der Waals surface area contributed by atoms with Gasteiger partial charge in [-0.25, -0.2) is 4.39 Å². The number of aryl methyl sites for hydroxylation is 2. The highest BCUT2D eigenvalue weighted by molar-refractivity contribution is 5.53. The van der Waals surface area contributed by atoms with Crippen LogP contribution in [0.5, 0.6) is 0 Å². The van der Waals surface area contributed by atoms with Crippen LogP contribution in [-0.2, 0) is 13.1 Å². The van der Waals surface area contributed by atoms with Crippen LogP contribution >= 0.6 is 0 Å². The molecule has 6 heteroatoms. The second-order valence-corrected chi connectivity index (χ2v) is 4.96. The maximum Gasteiger partial charge on any atom is 0.184 e. The van der Waals surface area contributed by atoms with Gasteiger partial charge in [-0.1, -0.05) is 13.0 Å². The summed E-state index contributed by atoms with van der Waals surface area (Å²) in [5, 5.41) is 17.5. The van der Waals surface area contributed by atoms with Crippen LogP contribution in [0, 0.1) is 31.1 Å². The van der Waals surface area contributed by atoms with Gasteiger partial charge in [0.1, 0.15) is 11.6 Å². The molecule has 0 aliphatic carbocycles. The Kier molecular flexibility index (Phi) is 4.53. The molecule has 2 aromatic rings. The summed E-state index contributed by atoms with van der Waals surface area (Å²) in [7, 11) is 0. The average molecular weight is 287 g/mol. The number of anilines is 1. The molecule has 5 nitrogen and oxygen atoms in total. The zero-order chi connectivity index (χ0) is 15.4. The molecule has 21 heavy (non-hydrogen) atoms. The van der Waals surface area contributed by atoms with Crippen molar-refractivity contribution in [2.75, 3.05) is 4.90 Å². The topological polar surface area (TPSA) is 57.7 Å². The molecular weight excluding hydrogens is 269 g/mol. The molecule has 0 spiro atoms. The normalized spacial score (nSPS) is 10.4. The van der Waals surface area contributed by atoms with E-state index >= 15 is 0 Å². The van der Waals surface area contributed by atoms with Crippen molar-refractivity contribution < 1.29 is 4.39 Å². The first-order chi connectivity index (χ1) is 10.1. The Hall–Kier alpha value is -2.42. The van der Waals surface area contributed by atoms with E-state index < -0.39 is 5.82 Å². The van der Waals surface area contributed by atoms with Crippen molar-refractivity contribution in [1.29, 1.82) is 5.26 Å². The van der Waals surface area contributed by atoms with Gasteiger partial charge in [-0.05, 0) is 38.0 Å². The van der Waals surface area contributed by atoms with E-state index in [4.69, 9.17) is 0 Å². The van der Waals surface area contributed by atoms with E-state index in [9.17, 15) is 9.65 Å². The van der Waals surface area contributed by atoms with Crippen LogP contribution in [0.25, 0.3) is 0 Å². The zero-order valence-corrected chi connectivity index (χ0v) is 12.5. The monoisotopic (exact) mass is 287 g/mol. The number of hydrogen-bond acceptors (Lipinski definition) is 4. The molecule has 0 saturated carbocycles. The summed E-state index contributed by atoms with van der Waals surface area (Å²) in [4.78, 5) is 1.30. The van der Waals surface area contributed by atoms with Crippen LogP contribution in [0.3, 0.4) is 0 Å². The molecular formula is C15H18FN5. The highest BCUT2D eigenvalue weighted by Gasteiger charge is 2.16. The first-order valence-electron chi connectivity index (χ1n) is 6.89. The lowest BCUT2D eigenvalue weighted by Crippen LogP contribution is -2.20. The molecule has 0 radical (unpaired) electrons. The highest BCUT2D eigenvalue weighted by Crippen LogP contribution is 2.22. The number of halogens is 1. The second-order valence-electron chi connectivity index (χ2n) is 4.96. The fraction of sp³-hybridized carbons (Fsp3) is 0.400. The molecule has 0 aliphatic heterocycles. The Morgan fingerprint density at radius 3 is 2.76 bits per heavy atom. The lowest BCUT2D eigenvalue weighted by Gasteiger charge is -2.17. The summed E-state index contributed by atoms with van der Waals surface area (Å²) in [6.07, 6.45) is 2.97. The van der Waals surface area contributed by atoms with E-state index in [1.165, 1.54) is 11.0 Å². The van der Waals surface area contributed by atoms with Crippen molar-refractivity contribution in [1.82, 2.24) is 14.8 Å². The molecule has 0 atom stereocenters. The van der Waals surface area contributed by atoms with Gasteiger partial charge >= 0.3 is 0 Å². The number of aromatic nitrogens is 3. The third-order valence-electron chi connectivity index (χ3n) is 3.27. The third kappa shape index (κ3) is 3.19. The lowest BCUT2D eigenvalue weighted by atomic mass is 10.2. The van der Waals surface area contributed by atoms with Gasteiger partial charge in [0, 0.05) is 6.54 Å². The van der Waals surface area contributed by atoms with Crippen molar-refractivity contribution in [3.63, 3.8) is 0 Å². The van der Waals surface area contributed by atoms with Crippen molar-refractivity contribution in [2.45, 2.75) is 40.3 Å². The molecule has 0 unspecified atom stereocenters. The Morgan fingerprint density at radius 1 is 1.33 bits per heavy atom. The lowest BCUT2D eigenvalue weighted by molar-refractivity contribution is 0.607. The van der Waals surface area contributed by atoms with Crippen molar-refractivity contribution >= 4 is 5.69 Å². The first kappa shape index (κ1) is 15.0. The summed E-state index contributed by atoms with van der Waals surface area (Å²) in [6.45, 7) is 6.78. The van der Waals surface area contributed by atoms with Crippen LogP contribution in [-0.4, -0.2) is 14.8 Å². The molecule has 1 aromatic heterocycles. The molecule has 0 N–H and O–H groups in total. The smallest absolute Gasteiger partial charge is 0.184 e. The molecule has 0 fully saturated rings. The van der Waals surface area contributed by atoms with E-state index in [-0.39, 0.29) is 12.2 Å². The predicted octanol–water partition coefficient (Wildman–Crippen LogP) is 2.93. The summed E-state index contributed by atoms with van der Waals surface area (Å²) in [5.74, 6) is 1.05. The quantitative estimate of drug-likeness (QED) is 0.626. The molecule has 0 amide bonds. The Labute approximate surface area is 123 Å². The van der Waals surface area contributed by atoms with Gasteiger partial charge in [-0.3, -0.25) is 4.90 Å². The Bertz CT molecular complexity index is 671. The van der Waals surface area contributed by atoms with Crippen LogP contribution in [0.1, 0.15) is 30.6 Å². The number of nitriles is 1. The minimum Gasteiger partial charge on any atom is -0.314 e. The predicted molar refractivity (Wildman–Crippen MR) is 78.0 cm³/mol. The molecule has 1 heterocycles. The molecule has 110 valence electrons. The summed E-state index contributed by atoms with van der Waals surface area (Å²) in [6, 6.07) is 4.71. The van der Waals surface area contributed by atoms with E-state index in [1.54, 1.807) is 12.1 Å². The highest BCUT2D eigenvalue weighted by atomic mass is 19.1. The van der Waals surface area contributed by atoms with Gasteiger partial charge in [0.05, 0.1) is 12.2 Å². The molecule has 2 rings (SSSR count). The van der Waals surface area contributed by atoms with Crippen molar-refractivity contribution in [3.05, 3.63) is 41.2 Å². The van der Waals surface area contributed by atoms with Crippen molar-refractivity contribution in [3.8, 4) is 6.19 Å². The van der Waals surface area contributed by atoms with Gasteiger partial charge in [0.15, 0.2) is 12.0 Å². The van der Waals surface area contributed by atoms with Gasteiger partial charge in [-0.15, -0.1) is 10.2 Å². The largest absolute Gasteiger partial charge is 0.314 e. The standard InChI is InChI=1S/C15H18FN5/c1-4-7-21-12(3)18-19-15(21)9-20(10-17)14-8-11(2)5-6-13(14)16/h5-6,8H,4,7,9H2,1-3H3. The van der Waals surface area contributed by atoms with E-state index in [2.05, 4.69) is 17.1 Å². The fourth-order valence-electron chi connectivity index (χ4n) is 2.20. The van der Waals surface area contributed by atoms with Gasteiger partial charge in [0.25, 0.3) is 0 Å². The summed E-state index contributed by atoms with van der Waals surface area (Å²) >= 11 is 0. The van der Waals surface area contributed by atoms with E-state index in [0.717, 1.165) is 24.4 Å². The SMILES string of the molecule is CCCn1c(C)nnc1CN(C#N)c1cc(C)ccc1F. The third-order valence-corrected chi connectivity index (χ3v) is 3.27. The molecule has 1 aromatic carbocycles. The Morgan fingerprint density at radius 2 is 2.10 bits per heavy atom. The number of nitrogens with zero attached hydrogens (tertiary/aromatic N) is 5. The number of hydrogen-bond donors (Lipinski definition) is 0. The van der Waals surface area contributed by atoms with Gasteiger partial charge in [0.2, 0.25) is 0 Å². The summed E-state index contributed by atoms with van der Waals surface area (Å²) < 4.78 is 15.9. The number of rotatable bonds is 5. The minimum atomic E-state index is -0.416. The molecule has 0 aliphatic rings. The van der Waals surface area contributed by atoms with E-state index in [0.29, 0.717) is 5.82 Å². The van der Waals surface area contributed by atoms with Crippen LogP contribution in [0.2, 0.25) is 0 Å². The summed E-state index contributed by atoms with van der Waals surface area (Å²) in [5.41, 5.74) is 1.17. The second kappa shape index (κ2) is 6.35. The number of benzene rings is 1. The van der Waals surface area contributed by atoms with Crippen LogP contribution in [0.15, 0.2) is 18.2 Å². The van der Waals surface area contributed by atoms with Gasteiger partial charge < -0.3 is 4.57 Å². The van der Waals surface area contributed by atoms with Crippen LogP contribution in [0.4, 0.5) is 10.1 Å². The first-order valence-corrected chi connectivity index (χ1v) is 6.89. The van der Waals surface area contributed by atoms with Crippen molar-refractivity contribution in [2.24, 2.45) is 0 Å². The van der Waals surface area contributed by atoms with E-state index in [1.807, 2.05) is 24.6 Å². The Balaban J connectivity index is 2.32. The molecule has 0 bridgehead atoms. The van der Waals surface area contributed by atoms with Crippen LogP contribution < -0.4 is 4.90 Å². The maximum absolute atomic E-state index is 13.9. The molecule has 0 saturated heterocycles. The average Bonchev–Trinajstić information content (AvgIpc) is 2.81. The zero-order valence-electron chi connectivity index (χ0n) is 12.5. The fourth-order valence-corrected chi connectivity index (χ4v) is 2.20. The van der Waals surface area contributed by atoms with Gasteiger partial charge in [-0.2, -0.15) is 5.26 Å². The maximum atomic E-state index is 13.9. The minimum absolute atomic E-state index is 0.206.